The number of nitrogens with two attached hydrogens (primary N) is 1. The summed E-state index contributed by atoms with van der Waals surface area (Å²) in [5.74, 6) is -0.0914. The van der Waals surface area contributed by atoms with E-state index in [0.717, 1.165) is 0 Å². The molecule has 0 aliphatic carbocycles. The van der Waals surface area contributed by atoms with Crippen molar-refractivity contribution < 1.29 is 34.0 Å². The standard InChI is InChI=1S/C20H33ClN5O7P/c1-5-19(6-2,33-34(30,31)20(29,7-3)8-4)9-11-13(27)14(28)17(32-11)26-10-23-12-15(21)24-18(22)25-16(12)26/h10-11,13-14,17,27-29H,5-9H2,1-4H3,(H,30,31)(H2,22,24,25)/t11-,13-,14-,17?/m1/s1. The molecule has 1 aliphatic heterocycles. The summed E-state index contributed by atoms with van der Waals surface area (Å²) in [6.07, 6.45) is -2.72. The second kappa shape index (κ2) is 9.94. The number of ether oxygens (including phenoxy) is 1. The summed E-state index contributed by atoms with van der Waals surface area (Å²) in [6, 6.07) is 0. The summed E-state index contributed by atoms with van der Waals surface area (Å²) >= 11 is 6.08. The number of halogens is 1. The van der Waals surface area contributed by atoms with Gasteiger partial charge in [-0.05, 0) is 25.7 Å². The van der Waals surface area contributed by atoms with Gasteiger partial charge in [0.15, 0.2) is 22.4 Å². The molecule has 1 aliphatic rings. The van der Waals surface area contributed by atoms with Gasteiger partial charge < -0.3 is 30.7 Å². The van der Waals surface area contributed by atoms with Gasteiger partial charge in [-0.2, -0.15) is 9.97 Å². The van der Waals surface area contributed by atoms with Crippen LogP contribution in [0.3, 0.4) is 0 Å². The van der Waals surface area contributed by atoms with E-state index in [1.165, 1.54) is 10.9 Å². The Morgan fingerprint density at radius 1 is 1.18 bits per heavy atom. The van der Waals surface area contributed by atoms with E-state index < -0.39 is 43.1 Å². The number of imidazole rings is 1. The maximum Gasteiger partial charge on any atom is 0.359 e. The molecule has 0 spiro atoms. The normalized spacial score (nSPS) is 25.7. The molecule has 0 amide bonds. The zero-order valence-electron chi connectivity index (χ0n) is 19.6. The minimum absolute atomic E-state index is 0.00665. The predicted molar refractivity (Wildman–Crippen MR) is 125 cm³/mol. The lowest BCUT2D eigenvalue weighted by Crippen LogP contribution is -2.42. The fraction of sp³-hybridized carbons (Fsp3) is 0.750. The molecule has 0 saturated carbocycles. The average molecular weight is 522 g/mol. The van der Waals surface area contributed by atoms with Crippen molar-refractivity contribution in [2.24, 2.45) is 0 Å². The van der Waals surface area contributed by atoms with E-state index in [9.17, 15) is 24.8 Å². The van der Waals surface area contributed by atoms with Crippen LogP contribution in [0.2, 0.25) is 5.15 Å². The predicted octanol–water partition coefficient (Wildman–Crippen LogP) is 2.34. The average Bonchev–Trinajstić information content (AvgIpc) is 3.33. The van der Waals surface area contributed by atoms with Gasteiger partial charge >= 0.3 is 7.60 Å². The van der Waals surface area contributed by atoms with Crippen LogP contribution in [-0.4, -0.2) is 69.0 Å². The zero-order chi connectivity index (χ0) is 25.5. The first-order valence-corrected chi connectivity index (χ1v) is 13.3. The van der Waals surface area contributed by atoms with Gasteiger partial charge in [0.1, 0.15) is 17.7 Å². The first-order chi connectivity index (χ1) is 15.9. The molecular formula is C20H33ClN5O7P. The fourth-order valence-electron chi connectivity index (χ4n) is 4.28. The molecule has 14 heteroatoms. The molecule has 3 heterocycles. The van der Waals surface area contributed by atoms with E-state index in [1.54, 1.807) is 27.7 Å². The molecule has 6 N–H and O–H groups in total. The molecule has 3 rings (SSSR count). The lowest BCUT2D eigenvalue weighted by molar-refractivity contribution is -0.0761. The number of aromatic nitrogens is 4. The largest absolute Gasteiger partial charge is 0.388 e. The molecule has 0 aromatic carbocycles. The van der Waals surface area contributed by atoms with E-state index in [-0.39, 0.29) is 41.5 Å². The molecule has 0 bridgehead atoms. The third-order valence-corrected chi connectivity index (χ3v) is 9.43. The highest BCUT2D eigenvalue weighted by atomic mass is 35.5. The summed E-state index contributed by atoms with van der Waals surface area (Å²) in [5.41, 5.74) is 4.97. The molecular weight excluding hydrogens is 489 g/mol. The quantitative estimate of drug-likeness (QED) is 0.228. The Morgan fingerprint density at radius 3 is 2.35 bits per heavy atom. The maximum atomic E-state index is 13.1. The first kappa shape index (κ1) is 27.2. The Labute approximate surface area is 202 Å². The minimum atomic E-state index is -4.47. The highest BCUT2D eigenvalue weighted by molar-refractivity contribution is 7.54. The van der Waals surface area contributed by atoms with Gasteiger partial charge in [0.2, 0.25) is 5.95 Å². The summed E-state index contributed by atoms with van der Waals surface area (Å²) in [4.78, 5) is 22.8. The van der Waals surface area contributed by atoms with E-state index >= 15 is 0 Å². The Kier molecular flexibility index (Phi) is 7.96. The summed E-state index contributed by atoms with van der Waals surface area (Å²) < 4.78 is 26.2. The van der Waals surface area contributed by atoms with Crippen LogP contribution in [0, 0.1) is 0 Å². The number of fused-ring (bicyclic) bond motifs is 1. The Balaban J connectivity index is 1.89. The number of rotatable bonds is 10. The third-order valence-electron chi connectivity index (χ3n) is 6.85. The first-order valence-electron chi connectivity index (χ1n) is 11.3. The zero-order valence-corrected chi connectivity index (χ0v) is 21.3. The number of anilines is 1. The van der Waals surface area contributed by atoms with Gasteiger partial charge in [-0.25, -0.2) is 4.98 Å². The Morgan fingerprint density at radius 2 is 1.79 bits per heavy atom. The maximum absolute atomic E-state index is 13.1. The Bertz CT molecular complexity index is 1060. The number of aliphatic hydroxyl groups excluding tert-OH is 2. The lowest BCUT2D eigenvalue weighted by atomic mass is 9.88. The molecule has 1 fully saturated rings. The van der Waals surface area contributed by atoms with Crippen molar-refractivity contribution in [3.63, 3.8) is 0 Å². The van der Waals surface area contributed by atoms with Gasteiger partial charge in [-0.15, -0.1) is 0 Å². The van der Waals surface area contributed by atoms with E-state index in [4.69, 9.17) is 26.6 Å². The molecule has 2 aromatic rings. The van der Waals surface area contributed by atoms with Crippen LogP contribution in [0.1, 0.15) is 66.0 Å². The Hall–Kier alpha value is -1.37. The van der Waals surface area contributed by atoms with Crippen molar-refractivity contribution in [2.75, 3.05) is 5.73 Å². The molecule has 5 atom stereocenters. The van der Waals surface area contributed by atoms with Gasteiger partial charge in [0, 0.05) is 6.42 Å². The van der Waals surface area contributed by atoms with Gasteiger partial charge in [-0.3, -0.25) is 13.7 Å². The monoisotopic (exact) mass is 521 g/mol. The van der Waals surface area contributed by atoms with E-state index in [1.807, 2.05) is 0 Å². The van der Waals surface area contributed by atoms with Gasteiger partial charge in [0.25, 0.3) is 0 Å². The van der Waals surface area contributed by atoms with Gasteiger partial charge in [0.05, 0.1) is 18.0 Å². The smallest absolute Gasteiger partial charge is 0.359 e. The fourth-order valence-corrected chi connectivity index (χ4v) is 6.33. The third kappa shape index (κ3) is 4.70. The van der Waals surface area contributed by atoms with Crippen LogP contribution in [0.15, 0.2) is 6.33 Å². The molecule has 192 valence electrons. The van der Waals surface area contributed by atoms with Crippen molar-refractivity contribution in [1.29, 1.82) is 0 Å². The van der Waals surface area contributed by atoms with Crippen molar-refractivity contribution in [2.45, 2.75) is 95.3 Å². The number of aliphatic hydroxyl groups is 3. The number of hydrogen-bond donors (Lipinski definition) is 5. The SMILES string of the molecule is CCC(CC)(C[C@H]1OC(n2cnc3c(Cl)nc(N)nc32)[C@H](O)[C@@H]1O)OP(=O)(O)C(O)(CC)CC. The van der Waals surface area contributed by atoms with E-state index in [2.05, 4.69) is 15.0 Å². The second-order valence-corrected chi connectivity index (χ2v) is 11.1. The molecule has 0 radical (unpaired) electrons. The van der Waals surface area contributed by atoms with Crippen molar-refractivity contribution in [1.82, 2.24) is 19.5 Å². The second-order valence-electron chi connectivity index (χ2n) is 8.64. The number of nitrogen functional groups attached to an aromatic ring is 1. The summed E-state index contributed by atoms with van der Waals surface area (Å²) in [5, 5.41) is 30.4. The van der Waals surface area contributed by atoms with Crippen molar-refractivity contribution >= 4 is 36.3 Å². The molecule has 1 saturated heterocycles. The van der Waals surface area contributed by atoms with Crippen LogP contribution in [0.5, 0.6) is 0 Å². The highest BCUT2D eigenvalue weighted by Crippen LogP contribution is 2.61. The molecule has 12 nitrogen and oxygen atoms in total. The van der Waals surface area contributed by atoms with Crippen molar-refractivity contribution in [3.8, 4) is 0 Å². The molecule has 34 heavy (non-hydrogen) atoms. The topological polar surface area (TPSA) is 186 Å². The molecule has 2 unspecified atom stereocenters. The lowest BCUT2D eigenvalue weighted by Gasteiger charge is -2.40. The van der Waals surface area contributed by atoms with Crippen LogP contribution < -0.4 is 5.73 Å². The van der Waals surface area contributed by atoms with Crippen LogP contribution in [0.25, 0.3) is 11.2 Å². The summed E-state index contributed by atoms with van der Waals surface area (Å²) in [7, 11) is -4.47. The number of nitrogens with zero attached hydrogens (tertiary/aromatic N) is 4. The van der Waals surface area contributed by atoms with Gasteiger partial charge in [-0.1, -0.05) is 39.3 Å². The minimum Gasteiger partial charge on any atom is -0.388 e. The number of hydrogen-bond acceptors (Lipinski definition) is 10. The van der Waals surface area contributed by atoms with E-state index in [0.29, 0.717) is 12.8 Å². The summed E-state index contributed by atoms with van der Waals surface area (Å²) in [6.45, 7) is 6.78. The van der Waals surface area contributed by atoms with Crippen LogP contribution in [-0.2, 0) is 13.8 Å². The highest BCUT2D eigenvalue weighted by Gasteiger charge is 2.52. The van der Waals surface area contributed by atoms with Crippen molar-refractivity contribution in [3.05, 3.63) is 11.5 Å². The van der Waals surface area contributed by atoms with Crippen LogP contribution >= 0.6 is 19.2 Å². The van der Waals surface area contributed by atoms with Crippen LogP contribution in [0.4, 0.5) is 5.95 Å². The molecule has 2 aromatic heterocycles.